The van der Waals surface area contributed by atoms with Crippen LogP contribution in [0.1, 0.15) is 16.7 Å². The molecule has 1 saturated heterocycles. The van der Waals surface area contributed by atoms with Crippen LogP contribution in [-0.4, -0.2) is 61.7 Å². The lowest BCUT2D eigenvalue weighted by Crippen LogP contribution is -2.43. The van der Waals surface area contributed by atoms with E-state index < -0.39 is 0 Å². The van der Waals surface area contributed by atoms with Crippen LogP contribution < -0.4 is 4.74 Å². The summed E-state index contributed by atoms with van der Waals surface area (Å²) >= 11 is 0. The summed E-state index contributed by atoms with van der Waals surface area (Å²) in [4.78, 5) is 17.3. The molecule has 0 atom stereocenters. The number of hydrogen-bond acceptors (Lipinski definition) is 5. The molecule has 0 radical (unpaired) electrons. The molecule has 1 aliphatic rings. The summed E-state index contributed by atoms with van der Waals surface area (Å²) in [7, 11) is 0. The van der Waals surface area contributed by atoms with E-state index in [1.54, 1.807) is 0 Å². The molecular formula is C29H34N2O4. The molecule has 4 rings (SSSR count). The first-order valence-corrected chi connectivity index (χ1v) is 12.2. The van der Waals surface area contributed by atoms with Crippen LogP contribution in [0.2, 0.25) is 0 Å². The Kier molecular flexibility index (Phi) is 9.71. The second-order valence-corrected chi connectivity index (χ2v) is 8.67. The van der Waals surface area contributed by atoms with E-state index in [0.717, 1.165) is 55.3 Å². The Balaban J connectivity index is 1.31. The van der Waals surface area contributed by atoms with Crippen LogP contribution in [0.3, 0.4) is 0 Å². The highest BCUT2D eigenvalue weighted by atomic mass is 16.5. The SMILES string of the molecule is O=C(COCc1ccccc1)N(CCN1CCOCC1)Cc1ccc(OCc2ccccc2)cc1. The fourth-order valence-corrected chi connectivity index (χ4v) is 3.95. The van der Waals surface area contributed by atoms with Gasteiger partial charge in [-0.3, -0.25) is 9.69 Å². The van der Waals surface area contributed by atoms with Crippen molar-refractivity contribution in [1.82, 2.24) is 9.80 Å². The van der Waals surface area contributed by atoms with E-state index in [1.165, 1.54) is 0 Å². The predicted molar refractivity (Wildman–Crippen MR) is 136 cm³/mol. The number of benzene rings is 3. The molecule has 184 valence electrons. The number of carbonyl (C=O) groups is 1. The van der Waals surface area contributed by atoms with E-state index in [-0.39, 0.29) is 12.5 Å². The molecule has 1 amide bonds. The van der Waals surface area contributed by atoms with Crippen LogP contribution in [0.4, 0.5) is 0 Å². The Labute approximate surface area is 208 Å². The zero-order chi connectivity index (χ0) is 24.1. The highest BCUT2D eigenvalue weighted by molar-refractivity contribution is 5.77. The first kappa shape index (κ1) is 24.9. The fourth-order valence-electron chi connectivity index (χ4n) is 3.95. The van der Waals surface area contributed by atoms with E-state index in [4.69, 9.17) is 14.2 Å². The number of hydrogen-bond donors (Lipinski definition) is 0. The fraction of sp³-hybridized carbons (Fsp3) is 0.345. The van der Waals surface area contributed by atoms with E-state index in [9.17, 15) is 4.79 Å². The molecule has 6 heteroatoms. The molecule has 0 N–H and O–H groups in total. The van der Waals surface area contributed by atoms with Gasteiger partial charge in [0.15, 0.2) is 0 Å². The van der Waals surface area contributed by atoms with Crippen molar-refractivity contribution in [2.45, 2.75) is 19.8 Å². The molecule has 0 unspecified atom stereocenters. The molecule has 35 heavy (non-hydrogen) atoms. The van der Waals surface area contributed by atoms with Crippen molar-refractivity contribution in [1.29, 1.82) is 0 Å². The molecule has 6 nitrogen and oxygen atoms in total. The third kappa shape index (κ3) is 8.51. The Bertz CT molecular complexity index is 1010. The molecule has 1 aliphatic heterocycles. The van der Waals surface area contributed by atoms with Crippen molar-refractivity contribution in [2.75, 3.05) is 46.0 Å². The topological polar surface area (TPSA) is 51.2 Å². The van der Waals surface area contributed by atoms with Crippen LogP contribution in [0.5, 0.6) is 5.75 Å². The maximum atomic E-state index is 13.1. The van der Waals surface area contributed by atoms with Gasteiger partial charge in [0, 0.05) is 32.7 Å². The third-order valence-electron chi connectivity index (χ3n) is 6.02. The third-order valence-corrected chi connectivity index (χ3v) is 6.02. The number of nitrogens with zero attached hydrogens (tertiary/aromatic N) is 2. The summed E-state index contributed by atoms with van der Waals surface area (Å²) in [6, 6.07) is 28.0. The molecule has 3 aromatic carbocycles. The Morgan fingerprint density at radius 2 is 1.43 bits per heavy atom. The van der Waals surface area contributed by atoms with Crippen molar-refractivity contribution < 1.29 is 19.0 Å². The van der Waals surface area contributed by atoms with Crippen molar-refractivity contribution in [3.63, 3.8) is 0 Å². The zero-order valence-electron chi connectivity index (χ0n) is 20.2. The van der Waals surface area contributed by atoms with E-state index in [2.05, 4.69) is 4.90 Å². The van der Waals surface area contributed by atoms with Crippen LogP contribution in [-0.2, 0) is 34.0 Å². The number of carbonyl (C=O) groups excluding carboxylic acids is 1. The van der Waals surface area contributed by atoms with Gasteiger partial charge in [-0.05, 0) is 28.8 Å². The highest BCUT2D eigenvalue weighted by Crippen LogP contribution is 2.16. The number of ether oxygens (including phenoxy) is 3. The molecule has 1 fully saturated rings. The summed E-state index contributed by atoms with van der Waals surface area (Å²) in [6.45, 7) is 6.34. The maximum Gasteiger partial charge on any atom is 0.248 e. The summed E-state index contributed by atoms with van der Waals surface area (Å²) in [5.41, 5.74) is 3.26. The standard InChI is InChI=1S/C29H34N2O4/c32-29(24-34-22-26-7-3-1-4-8-26)31(16-15-30-17-19-33-20-18-30)21-25-11-13-28(14-12-25)35-23-27-9-5-2-6-10-27/h1-14H,15-24H2. The van der Waals surface area contributed by atoms with Gasteiger partial charge in [-0.15, -0.1) is 0 Å². The summed E-state index contributed by atoms with van der Waals surface area (Å²) < 4.78 is 17.1. The van der Waals surface area contributed by atoms with Crippen molar-refractivity contribution in [3.8, 4) is 5.75 Å². The van der Waals surface area contributed by atoms with E-state index >= 15 is 0 Å². The second kappa shape index (κ2) is 13.6. The first-order valence-electron chi connectivity index (χ1n) is 12.2. The van der Waals surface area contributed by atoms with Gasteiger partial charge in [0.1, 0.15) is 19.0 Å². The molecule has 0 saturated carbocycles. The van der Waals surface area contributed by atoms with Crippen LogP contribution in [0, 0.1) is 0 Å². The molecule has 3 aromatic rings. The Morgan fingerprint density at radius 3 is 2.09 bits per heavy atom. The normalized spacial score (nSPS) is 13.9. The lowest BCUT2D eigenvalue weighted by Gasteiger charge is -2.30. The van der Waals surface area contributed by atoms with E-state index in [0.29, 0.717) is 26.3 Å². The van der Waals surface area contributed by atoms with Gasteiger partial charge in [0.25, 0.3) is 0 Å². The average Bonchev–Trinajstić information content (AvgIpc) is 2.92. The minimum Gasteiger partial charge on any atom is -0.489 e. The van der Waals surface area contributed by atoms with Crippen molar-refractivity contribution >= 4 is 5.91 Å². The second-order valence-electron chi connectivity index (χ2n) is 8.67. The van der Waals surface area contributed by atoms with Crippen molar-refractivity contribution in [2.24, 2.45) is 0 Å². The monoisotopic (exact) mass is 474 g/mol. The summed E-state index contributed by atoms with van der Waals surface area (Å²) in [6.07, 6.45) is 0. The molecule has 0 spiro atoms. The number of morpholine rings is 1. The lowest BCUT2D eigenvalue weighted by molar-refractivity contribution is -0.137. The summed E-state index contributed by atoms with van der Waals surface area (Å²) in [5.74, 6) is 0.814. The van der Waals surface area contributed by atoms with Gasteiger partial charge in [0.2, 0.25) is 5.91 Å². The smallest absolute Gasteiger partial charge is 0.248 e. The Hall–Kier alpha value is -3.19. The minimum atomic E-state index is -0.00130. The minimum absolute atomic E-state index is 0.00130. The molecular weight excluding hydrogens is 440 g/mol. The van der Waals surface area contributed by atoms with Gasteiger partial charge >= 0.3 is 0 Å². The largest absolute Gasteiger partial charge is 0.489 e. The van der Waals surface area contributed by atoms with Gasteiger partial charge in [-0.2, -0.15) is 0 Å². The van der Waals surface area contributed by atoms with Crippen LogP contribution in [0.25, 0.3) is 0 Å². The Morgan fingerprint density at radius 1 is 0.800 bits per heavy atom. The highest BCUT2D eigenvalue weighted by Gasteiger charge is 2.17. The molecule has 0 aliphatic carbocycles. The first-order chi connectivity index (χ1) is 17.3. The zero-order valence-corrected chi connectivity index (χ0v) is 20.2. The lowest BCUT2D eigenvalue weighted by atomic mass is 10.2. The van der Waals surface area contributed by atoms with Gasteiger partial charge in [-0.1, -0.05) is 72.8 Å². The van der Waals surface area contributed by atoms with Crippen LogP contribution in [0.15, 0.2) is 84.9 Å². The average molecular weight is 475 g/mol. The maximum absolute atomic E-state index is 13.1. The number of amides is 1. The van der Waals surface area contributed by atoms with Gasteiger partial charge in [-0.25, -0.2) is 0 Å². The molecule has 1 heterocycles. The molecule has 0 aromatic heterocycles. The van der Waals surface area contributed by atoms with Crippen LogP contribution >= 0.6 is 0 Å². The predicted octanol–water partition coefficient (Wildman–Crippen LogP) is 4.14. The van der Waals surface area contributed by atoms with Gasteiger partial charge < -0.3 is 19.1 Å². The number of rotatable bonds is 12. The van der Waals surface area contributed by atoms with Gasteiger partial charge in [0.05, 0.1) is 19.8 Å². The van der Waals surface area contributed by atoms with Crippen molar-refractivity contribution in [3.05, 3.63) is 102 Å². The molecule has 0 bridgehead atoms. The summed E-state index contributed by atoms with van der Waals surface area (Å²) in [5, 5.41) is 0. The quantitative estimate of drug-likeness (QED) is 0.395. The van der Waals surface area contributed by atoms with E-state index in [1.807, 2.05) is 89.8 Å².